The molecule has 1 aromatic rings. The lowest BCUT2D eigenvalue weighted by molar-refractivity contribution is -0.168. The highest BCUT2D eigenvalue weighted by Crippen LogP contribution is 2.39. The maximum Gasteiger partial charge on any atom is 0.393 e. The number of sulfone groups is 1. The molecule has 0 spiro atoms. The maximum atomic E-state index is 13.0. The zero-order valence-corrected chi connectivity index (χ0v) is 15.1. The zero-order valence-electron chi connectivity index (χ0n) is 14.3. The average molecular weight is 389 g/mol. The van der Waals surface area contributed by atoms with Crippen LogP contribution in [0.5, 0.6) is 0 Å². The van der Waals surface area contributed by atoms with Crippen molar-refractivity contribution in [3.8, 4) is 0 Å². The van der Waals surface area contributed by atoms with Crippen LogP contribution in [0.25, 0.3) is 5.70 Å². The summed E-state index contributed by atoms with van der Waals surface area (Å²) in [5.41, 5.74) is 8.26. The van der Waals surface area contributed by atoms with Gasteiger partial charge in [0.1, 0.15) is 0 Å². The fraction of sp³-hybridized carbons (Fsp3) is 0.529. The van der Waals surface area contributed by atoms with Crippen LogP contribution in [-0.4, -0.2) is 57.2 Å². The minimum Gasteiger partial charge on any atom is -0.399 e. The van der Waals surface area contributed by atoms with Gasteiger partial charge in [-0.2, -0.15) is 13.2 Å². The van der Waals surface area contributed by atoms with E-state index in [4.69, 9.17) is 5.73 Å². The zero-order chi connectivity index (χ0) is 19.1. The molecule has 0 bridgehead atoms. The lowest BCUT2D eigenvalue weighted by Gasteiger charge is -2.33. The van der Waals surface area contributed by atoms with E-state index in [-0.39, 0.29) is 24.5 Å². The van der Waals surface area contributed by atoms with E-state index in [1.165, 1.54) is 0 Å². The second-order valence-electron chi connectivity index (χ2n) is 6.84. The first kappa shape index (κ1) is 18.9. The Balaban J connectivity index is 1.84. The van der Waals surface area contributed by atoms with Gasteiger partial charge in [-0.05, 0) is 24.6 Å². The van der Waals surface area contributed by atoms with Gasteiger partial charge in [0.2, 0.25) is 0 Å². The van der Waals surface area contributed by atoms with Crippen LogP contribution in [0.1, 0.15) is 12.0 Å². The van der Waals surface area contributed by atoms with Crippen molar-refractivity contribution < 1.29 is 21.6 Å². The Morgan fingerprint density at radius 1 is 1.19 bits per heavy atom. The summed E-state index contributed by atoms with van der Waals surface area (Å²) in [4.78, 5) is 3.56. The van der Waals surface area contributed by atoms with E-state index in [1.807, 2.05) is 4.90 Å². The quantitative estimate of drug-likeness (QED) is 0.804. The lowest BCUT2D eigenvalue weighted by Crippen LogP contribution is -2.39. The van der Waals surface area contributed by atoms with Crippen molar-refractivity contribution in [2.75, 3.05) is 48.3 Å². The van der Waals surface area contributed by atoms with Crippen molar-refractivity contribution in [3.63, 3.8) is 0 Å². The molecule has 26 heavy (non-hydrogen) atoms. The normalized spacial score (nSPS) is 23.3. The number of hydrogen-bond donors (Lipinski definition) is 1. The van der Waals surface area contributed by atoms with Gasteiger partial charge in [0.15, 0.2) is 9.84 Å². The lowest BCUT2D eigenvalue weighted by atomic mass is 10.1. The molecule has 144 valence electrons. The number of hydrogen-bond acceptors (Lipinski definition) is 5. The molecule has 0 radical (unpaired) electrons. The molecule has 1 aromatic carbocycles. The summed E-state index contributed by atoms with van der Waals surface area (Å²) in [5, 5.41) is 0. The van der Waals surface area contributed by atoms with Gasteiger partial charge in [-0.15, -0.1) is 0 Å². The molecular formula is C17H22F3N3O2S. The van der Waals surface area contributed by atoms with Crippen molar-refractivity contribution in [2.24, 2.45) is 5.92 Å². The molecule has 5 nitrogen and oxygen atoms in total. The summed E-state index contributed by atoms with van der Waals surface area (Å²) in [6.45, 7) is 4.91. The fourth-order valence-electron chi connectivity index (χ4n) is 3.45. The molecule has 0 aliphatic carbocycles. The Labute approximate surface area is 151 Å². The van der Waals surface area contributed by atoms with Gasteiger partial charge in [0, 0.05) is 48.8 Å². The fourth-order valence-corrected chi connectivity index (χ4v) is 4.65. The molecule has 0 saturated carbocycles. The summed E-state index contributed by atoms with van der Waals surface area (Å²) in [6.07, 6.45) is -4.17. The number of alkyl halides is 3. The second kappa shape index (κ2) is 6.68. The first-order chi connectivity index (χ1) is 12.1. The molecule has 2 saturated heterocycles. The molecule has 0 aromatic heterocycles. The number of rotatable bonds is 3. The van der Waals surface area contributed by atoms with E-state index < -0.39 is 21.9 Å². The number of nitrogen functional groups attached to an aromatic ring is 1. The van der Waals surface area contributed by atoms with E-state index in [0.717, 1.165) is 0 Å². The van der Waals surface area contributed by atoms with E-state index in [0.29, 0.717) is 42.3 Å². The maximum absolute atomic E-state index is 13.0. The Bertz CT molecular complexity index is 794. The predicted octanol–water partition coefficient (Wildman–Crippen LogP) is 2.36. The van der Waals surface area contributed by atoms with Gasteiger partial charge < -0.3 is 15.5 Å². The van der Waals surface area contributed by atoms with Crippen molar-refractivity contribution in [2.45, 2.75) is 12.6 Å². The number of halogens is 3. The minimum absolute atomic E-state index is 0.0478. The van der Waals surface area contributed by atoms with Gasteiger partial charge in [-0.25, -0.2) is 8.42 Å². The number of nitrogens with zero attached hydrogens (tertiary/aromatic N) is 2. The van der Waals surface area contributed by atoms with E-state index in [1.54, 1.807) is 23.1 Å². The highest BCUT2D eigenvalue weighted by atomic mass is 32.2. The molecule has 2 N–H and O–H groups in total. The van der Waals surface area contributed by atoms with Crippen LogP contribution in [0.2, 0.25) is 0 Å². The largest absolute Gasteiger partial charge is 0.399 e. The summed E-state index contributed by atoms with van der Waals surface area (Å²) in [6, 6.07) is 5.10. The van der Waals surface area contributed by atoms with Crippen LogP contribution in [0.4, 0.5) is 24.5 Å². The van der Waals surface area contributed by atoms with Crippen molar-refractivity contribution in [3.05, 3.63) is 30.3 Å². The molecule has 2 aliphatic rings. The molecular weight excluding hydrogens is 367 g/mol. The molecule has 0 amide bonds. The van der Waals surface area contributed by atoms with Crippen LogP contribution in [0.15, 0.2) is 24.8 Å². The smallest absolute Gasteiger partial charge is 0.393 e. The highest BCUT2D eigenvalue weighted by molar-refractivity contribution is 7.91. The Hall–Kier alpha value is -1.90. The van der Waals surface area contributed by atoms with Gasteiger partial charge in [-0.3, -0.25) is 0 Å². The van der Waals surface area contributed by atoms with Crippen molar-refractivity contribution in [1.29, 1.82) is 0 Å². The third kappa shape index (κ3) is 3.92. The Kier molecular flexibility index (Phi) is 4.85. The van der Waals surface area contributed by atoms with Gasteiger partial charge in [0.05, 0.1) is 17.4 Å². The number of nitrogens with two attached hydrogens (primary N) is 1. The van der Waals surface area contributed by atoms with Crippen molar-refractivity contribution >= 4 is 26.9 Å². The number of anilines is 2. The molecule has 2 fully saturated rings. The average Bonchev–Trinajstić information content (AvgIpc) is 3.04. The van der Waals surface area contributed by atoms with Gasteiger partial charge in [0.25, 0.3) is 0 Å². The predicted molar refractivity (Wildman–Crippen MR) is 96.5 cm³/mol. The monoisotopic (exact) mass is 389 g/mol. The summed E-state index contributed by atoms with van der Waals surface area (Å²) < 4.78 is 62.3. The van der Waals surface area contributed by atoms with Crippen LogP contribution >= 0.6 is 0 Å². The molecule has 1 atom stereocenters. The standard InChI is InChI=1S/C17H22F3N3O2S/c1-12(22-6-8-26(24,25)9-7-22)15-3-2-14(21)10-16(15)23-5-4-13(11-23)17(18,19)20/h2-3,10,13H,1,4-9,11,21H2. The molecule has 2 aliphatic heterocycles. The second-order valence-corrected chi connectivity index (χ2v) is 9.14. The van der Waals surface area contributed by atoms with Crippen LogP contribution in [-0.2, 0) is 9.84 Å². The minimum atomic E-state index is -4.21. The topological polar surface area (TPSA) is 66.6 Å². The van der Waals surface area contributed by atoms with Gasteiger partial charge >= 0.3 is 6.18 Å². The third-order valence-electron chi connectivity index (χ3n) is 5.05. The van der Waals surface area contributed by atoms with Crippen LogP contribution < -0.4 is 10.6 Å². The molecule has 1 unspecified atom stereocenters. The molecule has 3 rings (SSSR count). The summed E-state index contributed by atoms with van der Waals surface area (Å²) in [7, 11) is -3.03. The van der Waals surface area contributed by atoms with Crippen LogP contribution in [0.3, 0.4) is 0 Å². The van der Waals surface area contributed by atoms with Gasteiger partial charge in [-0.1, -0.05) is 6.58 Å². The number of benzene rings is 1. The first-order valence-corrected chi connectivity index (χ1v) is 10.2. The van der Waals surface area contributed by atoms with E-state index in [2.05, 4.69) is 6.58 Å². The van der Waals surface area contributed by atoms with Crippen LogP contribution in [0, 0.1) is 5.92 Å². The van der Waals surface area contributed by atoms with Crippen molar-refractivity contribution in [1.82, 2.24) is 4.90 Å². The first-order valence-electron chi connectivity index (χ1n) is 8.43. The Morgan fingerprint density at radius 3 is 2.42 bits per heavy atom. The Morgan fingerprint density at radius 2 is 1.85 bits per heavy atom. The molecule has 9 heteroatoms. The third-order valence-corrected chi connectivity index (χ3v) is 6.66. The molecule has 2 heterocycles. The highest BCUT2D eigenvalue weighted by Gasteiger charge is 2.44. The van der Waals surface area contributed by atoms with E-state index >= 15 is 0 Å². The van der Waals surface area contributed by atoms with E-state index in [9.17, 15) is 21.6 Å². The summed E-state index contributed by atoms with van der Waals surface area (Å²) in [5.74, 6) is -1.25. The summed E-state index contributed by atoms with van der Waals surface area (Å²) >= 11 is 0. The SMILES string of the molecule is C=C(c1ccc(N)cc1N1CCC(C(F)(F)F)C1)N1CCS(=O)(=O)CC1.